The standard InChI is InChI=1S/C24H28N6O4/c1-3-4-10-29-20-21(26-23(29)28-9-5-6-17(25)15-28)27(2)24(32)30(22(20)31)14-16-7-8-18-19(13-16)34-12-11-33-18/h7-8,13,17H,5-6,9-12,14-15,25H2,1-2H3. The molecule has 3 aromatic rings. The Morgan fingerprint density at radius 1 is 1.18 bits per heavy atom. The highest BCUT2D eigenvalue weighted by molar-refractivity contribution is 5.75. The van der Waals surface area contributed by atoms with Gasteiger partial charge in [-0.15, -0.1) is 5.92 Å². The average Bonchev–Trinajstić information content (AvgIpc) is 3.23. The van der Waals surface area contributed by atoms with Crippen molar-refractivity contribution in [3.8, 4) is 23.3 Å². The lowest BCUT2D eigenvalue weighted by Crippen LogP contribution is -2.44. The van der Waals surface area contributed by atoms with E-state index >= 15 is 0 Å². The summed E-state index contributed by atoms with van der Waals surface area (Å²) >= 11 is 0. The fourth-order valence-electron chi connectivity index (χ4n) is 4.61. The summed E-state index contributed by atoms with van der Waals surface area (Å²) < 4.78 is 15.7. The van der Waals surface area contributed by atoms with Crippen molar-refractivity contribution in [3.05, 3.63) is 44.6 Å². The number of fused-ring (bicyclic) bond motifs is 2. The fraction of sp³-hybridized carbons (Fsp3) is 0.458. The fourth-order valence-corrected chi connectivity index (χ4v) is 4.61. The van der Waals surface area contributed by atoms with Crippen molar-refractivity contribution in [1.82, 2.24) is 18.7 Å². The number of hydrogen-bond donors (Lipinski definition) is 1. The molecule has 2 aliphatic rings. The molecule has 0 spiro atoms. The molecule has 1 atom stereocenters. The Balaban J connectivity index is 1.64. The van der Waals surface area contributed by atoms with Crippen LogP contribution in [-0.4, -0.2) is 51.0 Å². The van der Waals surface area contributed by atoms with E-state index in [-0.39, 0.29) is 12.6 Å². The van der Waals surface area contributed by atoms with Crippen LogP contribution in [0.25, 0.3) is 11.2 Å². The topological polar surface area (TPSA) is 110 Å². The molecule has 178 valence electrons. The van der Waals surface area contributed by atoms with Gasteiger partial charge in [0.2, 0.25) is 5.95 Å². The SMILES string of the molecule is CC#CCn1c(N2CCCC(N)C2)nc2c1c(=O)n(Cc1ccc3c(c1)OCCO3)c(=O)n2C. The van der Waals surface area contributed by atoms with Crippen LogP contribution in [0.2, 0.25) is 0 Å². The van der Waals surface area contributed by atoms with Crippen LogP contribution < -0.4 is 31.4 Å². The van der Waals surface area contributed by atoms with E-state index in [1.54, 1.807) is 20.0 Å². The second kappa shape index (κ2) is 8.91. The van der Waals surface area contributed by atoms with Gasteiger partial charge in [0.1, 0.15) is 13.2 Å². The number of piperidine rings is 1. The monoisotopic (exact) mass is 464 g/mol. The van der Waals surface area contributed by atoms with Gasteiger partial charge in [-0.1, -0.05) is 12.0 Å². The lowest BCUT2D eigenvalue weighted by Gasteiger charge is -2.31. The number of nitrogens with zero attached hydrogens (tertiary/aromatic N) is 5. The quantitative estimate of drug-likeness (QED) is 0.565. The van der Waals surface area contributed by atoms with Gasteiger partial charge < -0.3 is 20.1 Å². The van der Waals surface area contributed by atoms with Gasteiger partial charge in [-0.2, -0.15) is 4.98 Å². The Bertz CT molecular complexity index is 1420. The summed E-state index contributed by atoms with van der Waals surface area (Å²) in [5.41, 5.74) is 6.85. The van der Waals surface area contributed by atoms with Crippen molar-refractivity contribution in [2.24, 2.45) is 12.8 Å². The highest BCUT2D eigenvalue weighted by atomic mass is 16.6. The van der Waals surface area contributed by atoms with Gasteiger partial charge in [0, 0.05) is 26.2 Å². The molecule has 2 aromatic heterocycles. The zero-order valence-electron chi connectivity index (χ0n) is 19.4. The molecular formula is C24H28N6O4. The molecular weight excluding hydrogens is 436 g/mol. The Labute approximate surface area is 196 Å². The third-order valence-corrected chi connectivity index (χ3v) is 6.31. The molecule has 1 fully saturated rings. The lowest BCUT2D eigenvalue weighted by atomic mass is 10.1. The summed E-state index contributed by atoms with van der Waals surface area (Å²) in [6.07, 6.45) is 1.89. The Morgan fingerprint density at radius 2 is 1.97 bits per heavy atom. The molecule has 0 amide bonds. The minimum atomic E-state index is -0.430. The molecule has 1 saturated heterocycles. The van der Waals surface area contributed by atoms with E-state index in [0.717, 1.165) is 24.9 Å². The van der Waals surface area contributed by atoms with E-state index in [4.69, 9.17) is 20.2 Å². The zero-order valence-corrected chi connectivity index (χ0v) is 19.4. The summed E-state index contributed by atoms with van der Waals surface area (Å²) in [5.74, 6) is 7.83. The van der Waals surface area contributed by atoms with E-state index in [1.165, 1.54) is 9.13 Å². The van der Waals surface area contributed by atoms with Crippen LogP contribution in [0.3, 0.4) is 0 Å². The van der Waals surface area contributed by atoms with E-state index < -0.39 is 11.2 Å². The molecule has 0 bridgehead atoms. The first-order valence-corrected chi connectivity index (χ1v) is 11.5. The van der Waals surface area contributed by atoms with Crippen LogP contribution in [0.4, 0.5) is 5.95 Å². The maximum absolute atomic E-state index is 13.7. The molecule has 1 aromatic carbocycles. The summed E-state index contributed by atoms with van der Waals surface area (Å²) in [4.78, 5) is 33.7. The first-order chi connectivity index (χ1) is 16.5. The molecule has 0 aliphatic carbocycles. The van der Waals surface area contributed by atoms with Gasteiger partial charge in [-0.3, -0.25) is 18.5 Å². The van der Waals surface area contributed by atoms with Gasteiger partial charge in [-0.05, 0) is 37.5 Å². The van der Waals surface area contributed by atoms with Crippen molar-refractivity contribution >= 4 is 17.1 Å². The zero-order chi connectivity index (χ0) is 23.8. The van der Waals surface area contributed by atoms with E-state index in [0.29, 0.717) is 54.9 Å². The van der Waals surface area contributed by atoms with Gasteiger partial charge in [0.05, 0.1) is 13.1 Å². The van der Waals surface area contributed by atoms with Crippen molar-refractivity contribution < 1.29 is 9.47 Å². The molecule has 5 rings (SSSR count). The third kappa shape index (κ3) is 3.82. The number of imidazole rings is 1. The predicted molar refractivity (Wildman–Crippen MR) is 129 cm³/mol. The van der Waals surface area contributed by atoms with E-state index in [9.17, 15) is 9.59 Å². The molecule has 2 aliphatic heterocycles. The summed E-state index contributed by atoms with van der Waals surface area (Å²) in [7, 11) is 1.64. The van der Waals surface area contributed by atoms with Crippen molar-refractivity contribution in [1.29, 1.82) is 0 Å². The normalized spacial score (nSPS) is 17.5. The molecule has 34 heavy (non-hydrogen) atoms. The smallest absolute Gasteiger partial charge is 0.332 e. The van der Waals surface area contributed by atoms with Crippen molar-refractivity contribution in [2.75, 3.05) is 31.2 Å². The van der Waals surface area contributed by atoms with Gasteiger partial charge >= 0.3 is 5.69 Å². The second-order valence-electron chi connectivity index (χ2n) is 8.66. The first kappa shape index (κ1) is 22.1. The molecule has 0 radical (unpaired) electrons. The van der Waals surface area contributed by atoms with E-state index in [1.807, 2.05) is 16.7 Å². The highest BCUT2D eigenvalue weighted by Crippen LogP contribution is 2.31. The highest BCUT2D eigenvalue weighted by Gasteiger charge is 2.26. The maximum Gasteiger partial charge on any atom is 0.332 e. The van der Waals surface area contributed by atoms with Gasteiger partial charge in [0.25, 0.3) is 5.56 Å². The first-order valence-electron chi connectivity index (χ1n) is 11.5. The number of nitrogens with two attached hydrogens (primary N) is 1. The average molecular weight is 465 g/mol. The Morgan fingerprint density at radius 3 is 2.74 bits per heavy atom. The van der Waals surface area contributed by atoms with Crippen LogP contribution >= 0.6 is 0 Å². The number of benzene rings is 1. The third-order valence-electron chi connectivity index (χ3n) is 6.31. The number of hydrogen-bond acceptors (Lipinski definition) is 7. The number of aryl methyl sites for hydroxylation is 1. The molecule has 1 unspecified atom stereocenters. The molecule has 2 N–H and O–H groups in total. The summed E-state index contributed by atoms with van der Waals surface area (Å²) in [5, 5.41) is 0. The maximum atomic E-state index is 13.7. The summed E-state index contributed by atoms with van der Waals surface area (Å²) in [6.45, 7) is 4.55. The van der Waals surface area contributed by atoms with E-state index in [2.05, 4.69) is 16.7 Å². The van der Waals surface area contributed by atoms with Crippen LogP contribution in [-0.2, 0) is 20.1 Å². The largest absolute Gasteiger partial charge is 0.486 e. The van der Waals surface area contributed by atoms with Crippen LogP contribution in [0.15, 0.2) is 27.8 Å². The second-order valence-corrected chi connectivity index (χ2v) is 8.66. The summed E-state index contributed by atoms with van der Waals surface area (Å²) in [6, 6.07) is 5.49. The Kier molecular flexibility index (Phi) is 5.79. The number of rotatable bonds is 4. The van der Waals surface area contributed by atoms with Crippen molar-refractivity contribution in [3.63, 3.8) is 0 Å². The van der Waals surface area contributed by atoms with Crippen molar-refractivity contribution in [2.45, 2.75) is 38.9 Å². The predicted octanol–water partition coefficient (Wildman–Crippen LogP) is 0.667. The van der Waals surface area contributed by atoms with Crippen LogP contribution in [0, 0.1) is 11.8 Å². The van der Waals surface area contributed by atoms with Crippen LogP contribution in [0.1, 0.15) is 25.3 Å². The van der Waals surface area contributed by atoms with Gasteiger partial charge in [0.15, 0.2) is 22.7 Å². The van der Waals surface area contributed by atoms with Gasteiger partial charge in [-0.25, -0.2) is 4.79 Å². The molecule has 10 nitrogen and oxygen atoms in total. The Hall–Kier alpha value is -3.71. The molecule has 4 heterocycles. The minimum Gasteiger partial charge on any atom is -0.486 e. The lowest BCUT2D eigenvalue weighted by molar-refractivity contribution is 0.171. The van der Waals surface area contributed by atoms with Crippen LogP contribution in [0.5, 0.6) is 11.5 Å². The number of ether oxygens (including phenoxy) is 2. The molecule has 10 heteroatoms. The minimum absolute atomic E-state index is 0.0370. The molecule has 0 saturated carbocycles. The number of anilines is 1. The number of aromatic nitrogens is 4.